The van der Waals surface area contributed by atoms with Gasteiger partial charge >= 0.3 is 0 Å². The Morgan fingerprint density at radius 1 is 1.45 bits per heavy atom. The van der Waals surface area contributed by atoms with Crippen LogP contribution in [0.25, 0.3) is 11.6 Å². The summed E-state index contributed by atoms with van der Waals surface area (Å²) in [5.74, 6) is 2.71. The Bertz CT molecular complexity index is 559. The number of nitrogens with zero attached hydrogens (tertiary/aromatic N) is 3. The van der Waals surface area contributed by atoms with Gasteiger partial charge in [-0.2, -0.15) is 4.98 Å². The summed E-state index contributed by atoms with van der Waals surface area (Å²) in [6.45, 7) is 3.06. The Kier molecular flexibility index (Phi) is 3.93. The van der Waals surface area contributed by atoms with Crippen LogP contribution in [0.2, 0.25) is 5.22 Å². The van der Waals surface area contributed by atoms with Gasteiger partial charge in [0, 0.05) is 13.1 Å². The maximum absolute atomic E-state index is 5.77. The predicted octanol–water partition coefficient (Wildman–Crippen LogP) is 2.15. The fourth-order valence-electron chi connectivity index (χ4n) is 2.57. The van der Waals surface area contributed by atoms with Gasteiger partial charge in [0.1, 0.15) is 0 Å². The molecule has 0 bridgehead atoms. The molecule has 0 atom stereocenters. The maximum Gasteiger partial charge on any atom is 0.245 e. The number of rotatable bonds is 4. The number of piperidine rings is 1. The van der Waals surface area contributed by atoms with Crippen molar-refractivity contribution in [2.24, 2.45) is 5.92 Å². The molecule has 108 valence electrons. The van der Waals surface area contributed by atoms with E-state index >= 15 is 0 Å². The quantitative estimate of drug-likeness (QED) is 0.904. The van der Waals surface area contributed by atoms with E-state index in [2.05, 4.69) is 25.4 Å². The highest BCUT2D eigenvalue weighted by molar-refractivity contribution is 6.28. The molecular formula is C13H18ClN5O. The first-order valence-corrected chi connectivity index (χ1v) is 7.21. The van der Waals surface area contributed by atoms with Crippen molar-refractivity contribution in [2.45, 2.75) is 12.8 Å². The molecule has 20 heavy (non-hydrogen) atoms. The highest BCUT2D eigenvalue weighted by Gasteiger charge is 2.22. The van der Waals surface area contributed by atoms with Gasteiger partial charge in [-0.05, 0) is 56.1 Å². The number of aromatic nitrogens is 3. The van der Waals surface area contributed by atoms with Gasteiger partial charge < -0.3 is 14.6 Å². The van der Waals surface area contributed by atoms with Crippen LogP contribution in [0.4, 0.5) is 5.95 Å². The van der Waals surface area contributed by atoms with Gasteiger partial charge in [0.05, 0.1) is 0 Å². The number of nitrogens with one attached hydrogen (secondary N) is 2. The Balaban J connectivity index is 1.66. The molecule has 1 aliphatic heterocycles. The molecule has 0 aliphatic carbocycles. The van der Waals surface area contributed by atoms with Gasteiger partial charge in [0.2, 0.25) is 5.95 Å². The van der Waals surface area contributed by atoms with Crippen molar-refractivity contribution < 1.29 is 4.42 Å². The summed E-state index contributed by atoms with van der Waals surface area (Å²) in [5.41, 5.74) is 0. The van der Waals surface area contributed by atoms with Crippen LogP contribution in [0.3, 0.4) is 0 Å². The minimum Gasteiger partial charge on any atom is -0.441 e. The molecule has 0 spiro atoms. The summed E-state index contributed by atoms with van der Waals surface area (Å²) in [7, 11) is 2.00. The molecular weight excluding hydrogens is 278 g/mol. The molecule has 2 aromatic heterocycles. The first kappa shape index (κ1) is 13.5. The SMILES string of the molecule is CNCC1CCN(c2n[nH]c(-c3ccc(Cl)o3)n2)CC1. The lowest BCUT2D eigenvalue weighted by Gasteiger charge is -2.30. The highest BCUT2D eigenvalue weighted by atomic mass is 35.5. The van der Waals surface area contributed by atoms with Gasteiger partial charge in [-0.3, -0.25) is 5.10 Å². The molecule has 3 rings (SSSR count). The minimum absolute atomic E-state index is 0.353. The molecule has 3 heterocycles. The lowest BCUT2D eigenvalue weighted by Crippen LogP contribution is -2.37. The summed E-state index contributed by atoms with van der Waals surface area (Å²) in [6, 6.07) is 3.48. The van der Waals surface area contributed by atoms with Gasteiger partial charge in [-0.1, -0.05) is 0 Å². The summed E-state index contributed by atoms with van der Waals surface area (Å²) < 4.78 is 5.32. The predicted molar refractivity (Wildman–Crippen MR) is 78.0 cm³/mol. The van der Waals surface area contributed by atoms with E-state index in [4.69, 9.17) is 16.0 Å². The second-order valence-corrected chi connectivity index (χ2v) is 5.45. The van der Waals surface area contributed by atoms with E-state index in [9.17, 15) is 0 Å². The second-order valence-electron chi connectivity index (χ2n) is 5.08. The van der Waals surface area contributed by atoms with E-state index in [0.717, 1.165) is 44.3 Å². The van der Waals surface area contributed by atoms with E-state index in [1.165, 1.54) is 0 Å². The zero-order valence-electron chi connectivity index (χ0n) is 11.4. The van der Waals surface area contributed by atoms with Crippen LogP contribution < -0.4 is 10.2 Å². The van der Waals surface area contributed by atoms with Gasteiger partial charge in [-0.25, -0.2) is 0 Å². The number of H-pyrrole nitrogens is 1. The number of hydrogen-bond acceptors (Lipinski definition) is 5. The topological polar surface area (TPSA) is 70.0 Å². The number of furan rings is 1. The molecule has 1 fully saturated rings. The van der Waals surface area contributed by atoms with E-state index in [-0.39, 0.29) is 0 Å². The Morgan fingerprint density at radius 2 is 2.25 bits per heavy atom. The molecule has 0 aromatic carbocycles. The van der Waals surface area contributed by atoms with Crippen molar-refractivity contribution in [3.8, 4) is 11.6 Å². The number of hydrogen-bond donors (Lipinski definition) is 2. The molecule has 0 radical (unpaired) electrons. The van der Waals surface area contributed by atoms with Gasteiger partial charge in [0.25, 0.3) is 0 Å². The normalized spacial score (nSPS) is 16.8. The van der Waals surface area contributed by atoms with Crippen molar-refractivity contribution in [3.05, 3.63) is 17.4 Å². The molecule has 2 aromatic rings. The summed E-state index contributed by atoms with van der Waals surface area (Å²) >= 11 is 5.77. The standard InChI is InChI=1S/C13H18ClN5O/c1-15-8-9-4-6-19(7-5-9)13-16-12(17-18-13)10-2-3-11(14)20-10/h2-3,9,15H,4-8H2,1H3,(H,16,17,18). The van der Waals surface area contributed by atoms with Crippen molar-refractivity contribution in [1.29, 1.82) is 0 Å². The maximum atomic E-state index is 5.77. The fourth-order valence-corrected chi connectivity index (χ4v) is 2.72. The minimum atomic E-state index is 0.353. The van der Waals surface area contributed by atoms with Crippen LogP contribution in [0.1, 0.15) is 12.8 Å². The third kappa shape index (κ3) is 2.81. The first-order valence-electron chi connectivity index (χ1n) is 6.84. The molecule has 0 saturated carbocycles. The average Bonchev–Trinajstić information content (AvgIpc) is 3.09. The van der Waals surface area contributed by atoms with E-state index in [1.54, 1.807) is 12.1 Å². The van der Waals surface area contributed by atoms with Gasteiger partial charge in [-0.15, -0.1) is 5.10 Å². The smallest absolute Gasteiger partial charge is 0.245 e. The van der Waals surface area contributed by atoms with Crippen molar-refractivity contribution in [2.75, 3.05) is 31.6 Å². The third-order valence-electron chi connectivity index (χ3n) is 3.67. The molecule has 0 unspecified atom stereocenters. The fraction of sp³-hybridized carbons (Fsp3) is 0.538. The van der Waals surface area contributed by atoms with Crippen LogP contribution in [0.15, 0.2) is 16.5 Å². The summed E-state index contributed by atoms with van der Waals surface area (Å²) in [6.07, 6.45) is 2.33. The summed E-state index contributed by atoms with van der Waals surface area (Å²) in [5, 5.41) is 10.8. The van der Waals surface area contributed by atoms with E-state index in [1.807, 2.05) is 7.05 Å². The third-order valence-corrected chi connectivity index (χ3v) is 3.87. The number of anilines is 1. The zero-order chi connectivity index (χ0) is 13.9. The molecule has 1 saturated heterocycles. The van der Waals surface area contributed by atoms with Gasteiger partial charge in [0.15, 0.2) is 16.8 Å². The lowest BCUT2D eigenvalue weighted by molar-refractivity contribution is 0.391. The first-order chi connectivity index (χ1) is 9.76. The average molecular weight is 296 g/mol. The van der Waals surface area contributed by atoms with Crippen LogP contribution in [-0.4, -0.2) is 41.9 Å². The lowest BCUT2D eigenvalue weighted by atomic mass is 9.97. The van der Waals surface area contributed by atoms with Crippen molar-refractivity contribution in [1.82, 2.24) is 20.5 Å². The van der Waals surface area contributed by atoms with Crippen molar-refractivity contribution >= 4 is 17.5 Å². The largest absolute Gasteiger partial charge is 0.441 e. The molecule has 6 nitrogen and oxygen atoms in total. The Hall–Kier alpha value is -1.53. The monoisotopic (exact) mass is 295 g/mol. The van der Waals surface area contributed by atoms with Crippen LogP contribution in [-0.2, 0) is 0 Å². The molecule has 7 heteroatoms. The molecule has 2 N–H and O–H groups in total. The number of halogens is 1. The van der Waals surface area contributed by atoms with Crippen molar-refractivity contribution in [3.63, 3.8) is 0 Å². The number of aromatic amines is 1. The molecule has 1 aliphatic rings. The van der Waals surface area contributed by atoms with Crippen LogP contribution in [0.5, 0.6) is 0 Å². The van der Waals surface area contributed by atoms with Crippen LogP contribution >= 0.6 is 11.6 Å². The summed E-state index contributed by atoms with van der Waals surface area (Å²) in [4.78, 5) is 6.68. The Labute approximate surface area is 122 Å². The highest BCUT2D eigenvalue weighted by Crippen LogP contribution is 2.25. The Morgan fingerprint density at radius 3 is 2.90 bits per heavy atom. The molecule has 0 amide bonds. The zero-order valence-corrected chi connectivity index (χ0v) is 12.2. The van der Waals surface area contributed by atoms with E-state index < -0.39 is 0 Å². The van der Waals surface area contributed by atoms with Crippen LogP contribution in [0, 0.1) is 5.92 Å². The van der Waals surface area contributed by atoms with E-state index in [0.29, 0.717) is 16.8 Å². The second kappa shape index (κ2) is 5.85.